The Labute approximate surface area is 204 Å². The number of nitrogens with zero attached hydrogens (tertiary/aromatic N) is 3. The Morgan fingerprint density at radius 1 is 1.19 bits per heavy atom. The highest BCUT2D eigenvalue weighted by Gasteiger charge is 2.22. The molecule has 1 aromatic rings. The van der Waals surface area contributed by atoms with Crippen molar-refractivity contribution in [3.8, 4) is 5.75 Å². The molecule has 8 heteroatoms. The van der Waals surface area contributed by atoms with E-state index in [9.17, 15) is 4.79 Å². The molecule has 1 saturated carbocycles. The molecule has 1 amide bonds. The van der Waals surface area contributed by atoms with Gasteiger partial charge in [0.1, 0.15) is 5.75 Å². The highest BCUT2D eigenvalue weighted by Crippen LogP contribution is 2.28. The van der Waals surface area contributed by atoms with Crippen LogP contribution in [0.3, 0.4) is 0 Å². The summed E-state index contributed by atoms with van der Waals surface area (Å²) in [5.74, 6) is 1.99. The van der Waals surface area contributed by atoms with Crippen molar-refractivity contribution in [2.45, 2.75) is 58.7 Å². The Bertz CT molecular complexity index is 716. The van der Waals surface area contributed by atoms with Gasteiger partial charge in [-0.25, -0.2) is 4.99 Å². The number of carbonyl (C=O) groups excluding carboxylic acids is 1. The van der Waals surface area contributed by atoms with Gasteiger partial charge >= 0.3 is 0 Å². The molecule has 0 unspecified atom stereocenters. The quantitative estimate of drug-likeness (QED) is 0.300. The van der Waals surface area contributed by atoms with E-state index in [2.05, 4.69) is 39.5 Å². The van der Waals surface area contributed by atoms with Crippen molar-refractivity contribution in [1.82, 2.24) is 20.4 Å². The third-order valence-corrected chi connectivity index (χ3v) is 5.54. The summed E-state index contributed by atoms with van der Waals surface area (Å²) >= 11 is 0. The molecular weight excluding hydrogens is 505 g/mol. The minimum absolute atomic E-state index is 0. The summed E-state index contributed by atoms with van der Waals surface area (Å²) in [5.41, 5.74) is 1.13. The predicted octanol–water partition coefficient (Wildman–Crippen LogP) is 2.84. The molecule has 2 fully saturated rings. The van der Waals surface area contributed by atoms with Gasteiger partial charge in [-0.1, -0.05) is 18.2 Å². The highest BCUT2D eigenvalue weighted by molar-refractivity contribution is 14.0. The summed E-state index contributed by atoms with van der Waals surface area (Å²) in [7, 11) is 0. The monoisotopic (exact) mass is 543 g/mol. The van der Waals surface area contributed by atoms with E-state index in [0.29, 0.717) is 19.2 Å². The molecule has 1 saturated heterocycles. The van der Waals surface area contributed by atoms with Gasteiger partial charge in [0.2, 0.25) is 5.91 Å². The van der Waals surface area contributed by atoms with Gasteiger partial charge in [0.25, 0.3) is 0 Å². The molecule has 1 heterocycles. The normalized spacial score (nSPS) is 17.7. The fraction of sp³-hybridized carbons (Fsp3) is 0.652. The maximum absolute atomic E-state index is 12.0. The molecular formula is C23H38IN5O2. The Kier molecular flexibility index (Phi) is 10.9. The molecule has 0 atom stereocenters. The number of nitrogens with one attached hydrogen (secondary N) is 2. The number of benzene rings is 1. The Balaban J connectivity index is 0.00000341. The molecule has 174 valence electrons. The van der Waals surface area contributed by atoms with Gasteiger partial charge in [-0.15, -0.1) is 24.0 Å². The number of rotatable bonds is 8. The lowest BCUT2D eigenvalue weighted by Gasteiger charge is -2.36. The van der Waals surface area contributed by atoms with Crippen molar-refractivity contribution in [2.24, 2.45) is 4.99 Å². The van der Waals surface area contributed by atoms with Gasteiger partial charge in [-0.05, 0) is 46.1 Å². The van der Waals surface area contributed by atoms with Crippen molar-refractivity contribution in [3.05, 3.63) is 29.8 Å². The second-order valence-electron chi connectivity index (χ2n) is 8.43. The predicted molar refractivity (Wildman–Crippen MR) is 136 cm³/mol. The van der Waals surface area contributed by atoms with Crippen LogP contribution in [0.25, 0.3) is 0 Å². The maximum atomic E-state index is 12.0. The molecule has 0 spiro atoms. The van der Waals surface area contributed by atoms with Crippen molar-refractivity contribution in [3.63, 3.8) is 0 Å². The molecule has 1 aromatic carbocycles. The standard InChI is InChI=1S/C23H37N5O2.HI/c1-4-24-23(28-14-12-27(13-15-28)17-22(29)26-18(2)3)25-16-19-8-5-6-11-21(19)30-20-9-7-10-20;/h5-6,8,11,18,20H,4,7,9-10,12-17H2,1-3H3,(H,24,25)(H,26,29);1H. The van der Waals surface area contributed by atoms with Crippen molar-refractivity contribution < 1.29 is 9.53 Å². The average molecular weight is 543 g/mol. The molecule has 7 nitrogen and oxygen atoms in total. The number of ether oxygens (including phenoxy) is 1. The summed E-state index contributed by atoms with van der Waals surface area (Å²) in [4.78, 5) is 21.4. The zero-order chi connectivity index (χ0) is 21.3. The number of guanidine groups is 1. The van der Waals surface area contributed by atoms with Gasteiger partial charge in [-0.2, -0.15) is 0 Å². The zero-order valence-electron chi connectivity index (χ0n) is 19.1. The number of piperazine rings is 1. The van der Waals surface area contributed by atoms with Gasteiger partial charge in [0.15, 0.2) is 5.96 Å². The van der Waals surface area contributed by atoms with Crippen LogP contribution in [0, 0.1) is 0 Å². The summed E-state index contributed by atoms with van der Waals surface area (Å²) in [6, 6.07) is 8.42. The second-order valence-corrected chi connectivity index (χ2v) is 8.43. The first kappa shape index (κ1) is 25.7. The third-order valence-electron chi connectivity index (χ3n) is 5.54. The first-order valence-corrected chi connectivity index (χ1v) is 11.3. The molecule has 0 aromatic heterocycles. The van der Waals surface area contributed by atoms with Crippen LogP contribution in [0.1, 0.15) is 45.6 Å². The first-order valence-electron chi connectivity index (χ1n) is 11.3. The van der Waals surface area contributed by atoms with Gasteiger partial charge in [0, 0.05) is 44.3 Å². The molecule has 2 aliphatic rings. The van der Waals surface area contributed by atoms with E-state index in [-0.39, 0.29) is 35.9 Å². The molecule has 31 heavy (non-hydrogen) atoms. The van der Waals surface area contributed by atoms with E-state index in [4.69, 9.17) is 9.73 Å². The Morgan fingerprint density at radius 2 is 1.90 bits per heavy atom. The minimum atomic E-state index is 0. The summed E-state index contributed by atoms with van der Waals surface area (Å²) < 4.78 is 6.15. The van der Waals surface area contributed by atoms with E-state index in [1.807, 2.05) is 26.0 Å². The zero-order valence-corrected chi connectivity index (χ0v) is 21.4. The first-order chi connectivity index (χ1) is 14.5. The van der Waals surface area contributed by atoms with Crippen LogP contribution in [0.5, 0.6) is 5.75 Å². The molecule has 1 aliphatic heterocycles. The lowest BCUT2D eigenvalue weighted by molar-refractivity contribution is -0.123. The second kappa shape index (κ2) is 13.1. The van der Waals surface area contributed by atoms with Crippen LogP contribution in [0.15, 0.2) is 29.3 Å². The van der Waals surface area contributed by atoms with Gasteiger partial charge in [-0.3, -0.25) is 9.69 Å². The van der Waals surface area contributed by atoms with E-state index < -0.39 is 0 Å². The largest absolute Gasteiger partial charge is 0.490 e. The Hall–Kier alpha value is -1.55. The number of hydrogen-bond donors (Lipinski definition) is 2. The van der Waals surface area contributed by atoms with Crippen LogP contribution in [-0.2, 0) is 11.3 Å². The van der Waals surface area contributed by atoms with Crippen LogP contribution in [-0.4, -0.2) is 73.1 Å². The summed E-state index contributed by atoms with van der Waals surface area (Å²) in [6.07, 6.45) is 3.93. The molecule has 1 aliphatic carbocycles. The van der Waals surface area contributed by atoms with E-state index in [0.717, 1.165) is 62.8 Å². The minimum Gasteiger partial charge on any atom is -0.490 e. The number of amides is 1. The number of para-hydroxylation sites is 1. The fourth-order valence-corrected chi connectivity index (χ4v) is 3.69. The van der Waals surface area contributed by atoms with Crippen molar-refractivity contribution in [2.75, 3.05) is 39.3 Å². The molecule has 0 radical (unpaired) electrons. The molecule has 2 N–H and O–H groups in total. The SMILES string of the molecule is CCNC(=NCc1ccccc1OC1CCC1)N1CCN(CC(=O)NC(C)C)CC1.I. The van der Waals surface area contributed by atoms with Crippen molar-refractivity contribution >= 4 is 35.8 Å². The highest BCUT2D eigenvalue weighted by atomic mass is 127. The molecule has 3 rings (SSSR count). The van der Waals surface area contributed by atoms with Gasteiger partial charge in [0.05, 0.1) is 19.2 Å². The number of halogens is 1. The van der Waals surface area contributed by atoms with Crippen LogP contribution in [0.2, 0.25) is 0 Å². The van der Waals surface area contributed by atoms with Crippen LogP contribution in [0.4, 0.5) is 0 Å². The molecule has 0 bridgehead atoms. The van der Waals surface area contributed by atoms with Gasteiger partial charge < -0.3 is 20.3 Å². The van der Waals surface area contributed by atoms with Crippen LogP contribution >= 0.6 is 24.0 Å². The van der Waals surface area contributed by atoms with E-state index in [1.54, 1.807) is 0 Å². The Morgan fingerprint density at radius 3 is 2.52 bits per heavy atom. The summed E-state index contributed by atoms with van der Waals surface area (Å²) in [5, 5.41) is 6.39. The number of carbonyl (C=O) groups is 1. The van der Waals surface area contributed by atoms with E-state index in [1.165, 1.54) is 6.42 Å². The maximum Gasteiger partial charge on any atom is 0.234 e. The van der Waals surface area contributed by atoms with Crippen LogP contribution < -0.4 is 15.4 Å². The smallest absolute Gasteiger partial charge is 0.234 e. The topological polar surface area (TPSA) is 69.2 Å². The lowest BCUT2D eigenvalue weighted by Crippen LogP contribution is -2.54. The van der Waals surface area contributed by atoms with Crippen molar-refractivity contribution in [1.29, 1.82) is 0 Å². The number of aliphatic imine (C=N–C) groups is 1. The summed E-state index contributed by atoms with van der Waals surface area (Å²) in [6.45, 7) is 11.4. The third kappa shape index (κ3) is 8.14. The van der Waals surface area contributed by atoms with E-state index >= 15 is 0 Å². The number of hydrogen-bond acceptors (Lipinski definition) is 4. The fourth-order valence-electron chi connectivity index (χ4n) is 3.69. The lowest BCUT2D eigenvalue weighted by atomic mass is 9.96. The average Bonchev–Trinajstić information content (AvgIpc) is 2.69.